The molecule has 0 bridgehead atoms. The van der Waals surface area contributed by atoms with E-state index in [-0.39, 0.29) is 40.6 Å². The van der Waals surface area contributed by atoms with Gasteiger partial charge in [0, 0.05) is 0 Å². The van der Waals surface area contributed by atoms with Gasteiger partial charge in [0.2, 0.25) is 0 Å². The van der Waals surface area contributed by atoms with Gasteiger partial charge in [-0.25, -0.2) is 0 Å². The van der Waals surface area contributed by atoms with E-state index in [0.717, 1.165) is 12.8 Å². The second-order valence-corrected chi connectivity index (χ2v) is 6.80. The predicted molar refractivity (Wildman–Crippen MR) is 47.5 cm³/mol. The number of hydrogen-bond acceptors (Lipinski definition) is 2. The molecule has 0 spiro atoms. The monoisotopic (exact) mass is 280 g/mol. The van der Waals surface area contributed by atoms with E-state index in [0.29, 0.717) is 10.5 Å². The zero-order chi connectivity index (χ0) is 7.40. The molecule has 0 amide bonds. The molecule has 11 heavy (non-hydrogen) atoms. The van der Waals surface area contributed by atoms with Crippen molar-refractivity contribution in [1.29, 1.82) is 0 Å². The third-order valence-corrected chi connectivity index (χ3v) is 4.44. The van der Waals surface area contributed by atoms with Crippen LogP contribution in [0.1, 0.15) is 19.8 Å². The van der Waals surface area contributed by atoms with Gasteiger partial charge in [-0.05, 0) is 0 Å². The van der Waals surface area contributed by atoms with Gasteiger partial charge in [-0.15, -0.1) is 0 Å². The van der Waals surface area contributed by atoms with Gasteiger partial charge in [-0.1, -0.05) is 0 Å². The summed E-state index contributed by atoms with van der Waals surface area (Å²) in [6, 6.07) is 0. The number of carbonyl (C=O) groups excluding carboxylic acids is 1. The van der Waals surface area contributed by atoms with Crippen LogP contribution in [0.4, 0.5) is 0 Å². The molecule has 1 unspecified atom stereocenters. The molecule has 0 aromatic rings. The molecule has 1 saturated heterocycles. The summed E-state index contributed by atoms with van der Waals surface area (Å²) in [4.78, 5) is 10.9. The molecule has 0 aromatic carbocycles. The number of hydrogen-bond donors (Lipinski definition) is 0. The molecule has 1 aliphatic rings. The first kappa shape index (κ1) is 11.6. The van der Waals surface area contributed by atoms with Crippen LogP contribution in [0, 0.1) is 0 Å². The van der Waals surface area contributed by atoms with Crippen LogP contribution < -0.4 is 0 Å². The van der Waals surface area contributed by atoms with E-state index in [1.54, 1.807) is 0 Å². The van der Waals surface area contributed by atoms with Crippen molar-refractivity contribution in [3.05, 3.63) is 0 Å². The second-order valence-electron chi connectivity index (χ2n) is 2.48. The Morgan fingerprint density at radius 3 is 2.82 bits per heavy atom. The average molecular weight is 279 g/mol. The fourth-order valence-corrected chi connectivity index (χ4v) is 2.17. The Hall–Kier alpha value is 0.619. The van der Waals surface area contributed by atoms with Crippen molar-refractivity contribution in [2.45, 2.75) is 28.1 Å². The van der Waals surface area contributed by atoms with E-state index in [1.165, 1.54) is 4.44 Å². The van der Waals surface area contributed by atoms with Crippen molar-refractivity contribution in [3.8, 4) is 0 Å². The van der Waals surface area contributed by atoms with E-state index in [1.807, 2.05) is 0 Å². The Morgan fingerprint density at radius 1 is 1.73 bits per heavy atom. The first-order valence-corrected chi connectivity index (χ1v) is 7.41. The van der Waals surface area contributed by atoms with Gasteiger partial charge in [0.15, 0.2) is 0 Å². The second kappa shape index (κ2) is 6.17. The van der Waals surface area contributed by atoms with Crippen molar-refractivity contribution >= 4 is 40.6 Å². The van der Waals surface area contributed by atoms with Gasteiger partial charge in [-0.3, -0.25) is 0 Å². The standard InChI is InChI=1S/C7H12O2.S.Sn/c1-3-5-6-9-7(8)4-2;;/h4H,2-3,5-6H2,1H3;;/q;-2;+2. The molecule has 0 aromatic heterocycles. The molecule has 1 atom stereocenters. The zero-order valence-electron chi connectivity index (χ0n) is 6.63. The summed E-state index contributed by atoms with van der Waals surface area (Å²) in [5.41, 5.74) is 0. The minimum atomic E-state index is -0.205. The fraction of sp³-hybridized carbons (Fsp3) is 0.857. The molecule has 62 valence electrons. The number of esters is 1. The van der Waals surface area contributed by atoms with Crippen molar-refractivity contribution in [1.82, 2.24) is 0 Å². The summed E-state index contributed by atoms with van der Waals surface area (Å²) in [5, 5.41) is 0. The molecule has 2 nitrogen and oxygen atoms in total. The quantitative estimate of drug-likeness (QED) is 0.440. The maximum atomic E-state index is 10.9. The molecule has 0 N–H and O–H groups in total. The van der Waals surface area contributed by atoms with Gasteiger partial charge < -0.3 is 13.5 Å². The zero-order valence-corrected chi connectivity index (χ0v) is 10.3. The Bertz CT molecular complexity index is 126. The normalized spacial score (nSPS) is 18.8. The van der Waals surface area contributed by atoms with Gasteiger partial charge >= 0.3 is 71.4 Å². The Balaban J connectivity index is 0.000001000. The predicted octanol–water partition coefficient (Wildman–Crippen LogP) is 1.25. The van der Waals surface area contributed by atoms with Crippen LogP contribution >= 0.6 is 0 Å². The summed E-state index contributed by atoms with van der Waals surface area (Å²) in [7, 11) is 0. The van der Waals surface area contributed by atoms with Gasteiger partial charge in [0.1, 0.15) is 0 Å². The topological polar surface area (TPSA) is 26.3 Å². The van der Waals surface area contributed by atoms with Crippen LogP contribution in [-0.2, 0) is 23.0 Å². The molecule has 0 aliphatic carbocycles. The minimum Gasteiger partial charge on any atom is -2.00 e. The van der Waals surface area contributed by atoms with Gasteiger partial charge in [-0.2, -0.15) is 0 Å². The van der Waals surface area contributed by atoms with E-state index < -0.39 is 0 Å². The minimum absolute atomic E-state index is 0. The van der Waals surface area contributed by atoms with Crippen LogP contribution in [0.15, 0.2) is 0 Å². The van der Waals surface area contributed by atoms with Crippen molar-refractivity contribution in [2.24, 2.45) is 0 Å². The Morgan fingerprint density at radius 2 is 2.36 bits per heavy atom. The molecule has 1 aliphatic heterocycles. The molecular weight excluding hydrogens is 267 g/mol. The maximum Gasteiger partial charge on any atom is -2.00 e. The third kappa shape index (κ3) is 4.95. The van der Waals surface area contributed by atoms with E-state index in [9.17, 15) is 4.79 Å². The van der Waals surface area contributed by atoms with E-state index in [4.69, 9.17) is 4.74 Å². The first-order valence-electron chi connectivity index (χ1n) is 3.74. The summed E-state index contributed by atoms with van der Waals surface area (Å²) < 4.78 is 6.66. The molecule has 1 rings (SSSR count). The maximum absolute atomic E-state index is 10.9. The van der Waals surface area contributed by atoms with E-state index in [2.05, 4.69) is 6.92 Å². The average Bonchev–Trinajstić information content (AvgIpc) is 2.69. The molecule has 0 saturated carbocycles. The number of ether oxygens (including phenoxy) is 1. The summed E-state index contributed by atoms with van der Waals surface area (Å²) in [6.07, 6.45) is 2.13. The fourth-order valence-electron chi connectivity index (χ4n) is 0.643. The van der Waals surface area contributed by atoms with Crippen LogP contribution in [0.2, 0.25) is 8.37 Å². The molecule has 1 heterocycles. The van der Waals surface area contributed by atoms with E-state index >= 15 is 0 Å². The summed E-state index contributed by atoms with van der Waals surface area (Å²) in [5.74, 6) is 0.0973. The summed E-state index contributed by atoms with van der Waals surface area (Å²) >= 11 is -0.205. The number of unbranched alkanes of at least 4 members (excludes halogenated alkanes) is 1. The Kier molecular flexibility index (Phi) is 6.52. The third-order valence-electron chi connectivity index (χ3n) is 1.43. The van der Waals surface area contributed by atoms with Crippen LogP contribution in [0.25, 0.3) is 0 Å². The van der Waals surface area contributed by atoms with Crippen LogP contribution in [0.3, 0.4) is 0 Å². The Labute approximate surface area is 84.7 Å². The van der Waals surface area contributed by atoms with Crippen LogP contribution in [0.5, 0.6) is 0 Å². The van der Waals surface area contributed by atoms with Gasteiger partial charge in [0.05, 0.1) is 0 Å². The molecular formula is C7H12O2SSn. The first-order chi connectivity index (χ1) is 4.84. The molecule has 1 fully saturated rings. The SMILES string of the molecule is CCCCOC(=O)[CH]1[CH2][Sn+2]1.[S-2]. The van der Waals surface area contributed by atoms with Crippen molar-refractivity contribution < 1.29 is 9.53 Å². The smallest absolute Gasteiger partial charge is 2.00 e. The van der Waals surface area contributed by atoms with Gasteiger partial charge in [0.25, 0.3) is 0 Å². The molecule has 4 heteroatoms. The number of carbonyl (C=O) groups is 1. The number of rotatable bonds is 4. The van der Waals surface area contributed by atoms with Crippen LogP contribution in [-0.4, -0.2) is 33.7 Å². The summed E-state index contributed by atoms with van der Waals surface area (Å²) in [6.45, 7) is 2.74. The largest absolute Gasteiger partial charge is 2.00 e. The van der Waals surface area contributed by atoms with Crippen molar-refractivity contribution in [2.75, 3.05) is 6.61 Å². The van der Waals surface area contributed by atoms with Crippen molar-refractivity contribution in [3.63, 3.8) is 0 Å². The molecule has 0 radical (unpaired) electrons.